The first-order valence-electron chi connectivity index (χ1n) is 4.03. The van der Waals surface area contributed by atoms with Crippen LogP contribution in [0, 0.1) is 5.41 Å². The van der Waals surface area contributed by atoms with E-state index in [0.717, 1.165) is 0 Å². The summed E-state index contributed by atoms with van der Waals surface area (Å²) in [4.78, 5) is 10.8. The predicted octanol–water partition coefficient (Wildman–Crippen LogP) is 1.35. The number of carbonyl (C=O) groups excluding carboxylic acids is 1. The van der Waals surface area contributed by atoms with Gasteiger partial charge in [-0.1, -0.05) is 20.8 Å². The van der Waals surface area contributed by atoms with Crippen molar-refractivity contribution in [3.8, 4) is 0 Å². The van der Waals surface area contributed by atoms with Gasteiger partial charge in [-0.05, 0) is 13.8 Å². The van der Waals surface area contributed by atoms with Gasteiger partial charge in [-0.2, -0.15) is 0 Å². The topological polar surface area (TPSA) is 46.5 Å². The highest BCUT2D eigenvalue weighted by atomic mass is 16.6. The molecule has 0 aliphatic rings. The molecule has 0 saturated carbocycles. The monoisotopic (exact) mass is 174 g/mol. The molecule has 0 aromatic heterocycles. The zero-order valence-corrected chi connectivity index (χ0v) is 8.47. The quantitative estimate of drug-likeness (QED) is 0.643. The van der Waals surface area contributed by atoms with Crippen LogP contribution in [0.4, 0.5) is 0 Å². The fraction of sp³-hybridized carbons (Fsp3) is 0.889. The summed E-state index contributed by atoms with van der Waals surface area (Å²) >= 11 is 0. The number of esters is 1. The summed E-state index contributed by atoms with van der Waals surface area (Å²) in [6.07, 6.45) is 0. The van der Waals surface area contributed by atoms with Crippen LogP contribution < -0.4 is 0 Å². The fourth-order valence-electron chi connectivity index (χ4n) is 0.470. The fourth-order valence-corrected chi connectivity index (χ4v) is 0.470. The SMILES string of the molecule is CC(C)(C)C(C)(C)OC(=O)CO. The summed E-state index contributed by atoms with van der Waals surface area (Å²) in [5, 5.41) is 8.49. The van der Waals surface area contributed by atoms with Crippen LogP contribution in [-0.4, -0.2) is 23.3 Å². The molecule has 0 fully saturated rings. The molecule has 0 aliphatic heterocycles. The third kappa shape index (κ3) is 2.81. The molecule has 3 nitrogen and oxygen atoms in total. The van der Waals surface area contributed by atoms with Crippen molar-refractivity contribution in [2.75, 3.05) is 6.61 Å². The van der Waals surface area contributed by atoms with Gasteiger partial charge in [0.05, 0.1) is 0 Å². The Morgan fingerprint density at radius 3 is 1.92 bits per heavy atom. The van der Waals surface area contributed by atoms with E-state index in [0.29, 0.717) is 0 Å². The molecule has 0 aliphatic carbocycles. The Bertz CT molecular complexity index is 165. The van der Waals surface area contributed by atoms with Gasteiger partial charge in [-0.3, -0.25) is 0 Å². The lowest BCUT2D eigenvalue weighted by molar-refractivity contribution is -0.170. The maximum absolute atomic E-state index is 10.8. The molecular weight excluding hydrogens is 156 g/mol. The molecule has 0 aromatic carbocycles. The van der Waals surface area contributed by atoms with Crippen LogP contribution in [0.2, 0.25) is 0 Å². The highest BCUT2D eigenvalue weighted by molar-refractivity contribution is 5.70. The summed E-state index contributed by atoms with van der Waals surface area (Å²) < 4.78 is 5.06. The molecule has 1 N–H and O–H groups in total. The third-order valence-corrected chi connectivity index (χ3v) is 2.30. The van der Waals surface area contributed by atoms with E-state index in [9.17, 15) is 4.79 Å². The predicted molar refractivity (Wildman–Crippen MR) is 46.7 cm³/mol. The van der Waals surface area contributed by atoms with Crippen molar-refractivity contribution in [1.82, 2.24) is 0 Å². The average Bonchev–Trinajstić information content (AvgIpc) is 1.84. The van der Waals surface area contributed by atoms with Gasteiger partial charge in [0, 0.05) is 5.41 Å². The van der Waals surface area contributed by atoms with Gasteiger partial charge >= 0.3 is 5.97 Å². The summed E-state index contributed by atoms with van der Waals surface area (Å²) in [6.45, 7) is 9.06. The Labute approximate surface area is 73.7 Å². The molecule has 0 aromatic rings. The van der Waals surface area contributed by atoms with E-state index in [1.165, 1.54) is 0 Å². The number of hydrogen-bond acceptors (Lipinski definition) is 3. The van der Waals surface area contributed by atoms with Crippen LogP contribution in [0.1, 0.15) is 34.6 Å². The molecule has 72 valence electrons. The van der Waals surface area contributed by atoms with E-state index in [1.807, 2.05) is 34.6 Å². The van der Waals surface area contributed by atoms with E-state index in [1.54, 1.807) is 0 Å². The van der Waals surface area contributed by atoms with Gasteiger partial charge in [0.15, 0.2) is 0 Å². The van der Waals surface area contributed by atoms with Gasteiger partial charge in [0.2, 0.25) is 0 Å². The zero-order valence-electron chi connectivity index (χ0n) is 8.47. The van der Waals surface area contributed by atoms with Crippen molar-refractivity contribution in [2.45, 2.75) is 40.2 Å². The van der Waals surface area contributed by atoms with Crippen molar-refractivity contribution in [3.63, 3.8) is 0 Å². The molecule has 0 amide bonds. The minimum atomic E-state index is -0.574. The van der Waals surface area contributed by atoms with Crippen LogP contribution in [-0.2, 0) is 9.53 Å². The highest BCUT2D eigenvalue weighted by Gasteiger charge is 2.36. The number of rotatable bonds is 2. The van der Waals surface area contributed by atoms with Crippen molar-refractivity contribution in [3.05, 3.63) is 0 Å². The Morgan fingerprint density at radius 2 is 1.67 bits per heavy atom. The van der Waals surface area contributed by atoms with Crippen LogP contribution in [0.3, 0.4) is 0 Å². The maximum atomic E-state index is 10.8. The molecule has 0 heterocycles. The summed E-state index contributed by atoms with van der Waals surface area (Å²) in [5.41, 5.74) is -0.676. The molecule has 0 spiro atoms. The Hall–Kier alpha value is -0.570. The van der Waals surface area contributed by atoms with Crippen LogP contribution in [0.25, 0.3) is 0 Å². The lowest BCUT2D eigenvalue weighted by Crippen LogP contribution is -2.41. The normalized spacial score (nSPS) is 12.8. The van der Waals surface area contributed by atoms with E-state index >= 15 is 0 Å². The number of ether oxygens (including phenoxy) is 1. The molecular formula is C9H18O3. The smallest absolute Gasteiger partial charge is 0.332 e. The second-order valence-corrected chi connectivity index (χ2v) is 4.39. The molecule has 0 unspecified atom stereocenters. The minimum absolute atomic E-state index is 0.127. The van der Waals surface area contributed by atoms with Gasteiger partial charge in [0.25, 0.3) is 0 Å². The first-order chi connectivity index (χ1) is 5.20. The van der Waals surface area contributed by atoms with E-state index in [2.05, 4.69) is 0 Å². The maximum Gasteiger partial charge on any atom is 0.332 e. The Morgan fingerprint density at radius 1 is 1.25 bits per heavy atom. The van der Waals surface area contributed by atoms with Crippen molar-refractivity contribution >= 4 is 5.97 Å². The van der Waals surface area contributed by atoms with Crippen LogP contribution in [0.15, 0.2) is 0 Å². The van der Waals surface area contributed by atoms with E-state index < -0.39 is 18.2 Å². The van der Waals surface area contributed by atoms with Gasteiger partial charge in [-0.15, -0.1) is 0 Å². The average molecular weight is 174 g/mol. The first-order valence-corrected chi connectivity index (χ1v) is 4.03. The molecule has 12 heavy (non-hydrogen) atoms. The highest BCUT2D eigenvalue weighted by Crippen LogP contribution is 2.32. The van der Waals surface area contributed by atoms with Crippen LogP contribution >= 0.6 is 0 Å². The first kappa shape index (κ1) is 11.4. The molecule has 0 rings (SSSR count). The Balaban J connectivity index is 4.33. The van der Waals surface area contributed by atoms with E-state index in [4.69, 9.17) is 9.84 Å². The minimum Gasteiger partial charge on any atom is -0.457 e. The van der Waals surface area contributed by atoms with Crippen molar-refractivity contribution < 1.29 is 14.6 Å². The van der Waals surface area contributed by atoms with Gasteiger partial charge in [0.1, 0.15) is 12.2 Å². The molecule has 0 saturated heterocycles. The lowest BCUT2D eigenvalue weighted by Gasteiger charge is -2.37. The zero-order chi connectivity index (χ0) is 9.99. The molecule has 0 atom stereocenters. The number of hydrogen-bond donors (Lipinski definition) is 1. The Kier molecular flexibility index (Phi) is 3.27. The second kappa shape index (κ2) is 3.44. The summed E-state index contributed by atoms with van der Waals surface area (Å²) in [6, 6.07) is 0. The molecule has 3 heteroatoms. The number of carbonyl (C=O) groups is 1. The number of aliphatic hydroxyl groups excluding tert-OH is 1. The second-order valence-electron chi connectivity index (χ2n) is 4.39. The summed E-state index contributed by atoms with van der Waals surface area (Å²) in [7, 11) is 0. The largest absolute Gasteiger partial charge is 0.457 e. The molecule has 0 bridgehead atoms. The van der Waals surface area contributed by atoms with Gasteiger partial charge in [-0.25, -0.2) is 4.79 Å². The molecule has 0 radical (unpaired) electrons. The summed E-state index contributed by atoms with van der Waals surface area (Å²) in [5.74, 6) is -0.574. The lowest BCUT2D eigenvalue weighted by atomic mass is 9.79. The van der Waals surface area contributed by atoms with E-state index in [-0.39, 0.29) is 5.41 Å². The van der Waals surface area contributed by atoms with Crippen molar-refractivity contribution in [2.24, 2.45) is 5.41 Å². The van der Waals surface area contributed by atoms with Crippen molar-refractivity contribution in [1.29, 1.82) is 0 Å². The standard InChI is InChI=1S/C9H18O3/c1-8(2,3)9(4,5)12-7(11)6-10/h10H,6H2,1-5H3. The van der Waals surface area contributed by atoms with Gasteiger partial charge < -0.3 is 9.84 Å². The third-order valence-electron chi connectivity index (χ3n) is 2.30. The number of aliphatic hydroxyl groups is 1. The van der Waals surface area contributed by atoms with Crippen LogP contribution in [0.5, 0.6) is 0 Å².